The fourth-order valence-corrected chi connectivity index (χ4v) is 2.86. The molecule has 2 aromatic carbocycles. The van der Waals surface area contributed by atoms with E-state index < -0.39 is 21.9 Å². The molecule has 0 saturated heterocycles. The van der Waals surface area contributed by atoms with Crippen molar-refractivity contribution in [1.82, 2.24) is 0 Å². The van der Waals surface area contributed by atoms with E-state index in [2.05, 4.69) is 5.32 Å². The molecule has 1 N–H and O–H groups in total. The average Bonchev–Trinajstić information content (AvgIpc) is 2.59. The van der Waals surface area contributed by atoms with Crippen LogP contribution >= 0.6 is 11.8 Å². The zero-order chi connectivity index (χ0) is 19.3. The highest BCUT2D eigenvalue weighted by Gasteiger charge is 2.18. The molecule has 7 nitrogen and oxygen atoms in total. The standard InChI is InChI=1S/C17H16FN3O4S/c1-11-9-12(18)7-8-14(11)20(2)17(23)26-10-16(22)19-13-5-3-4-6-15(13)21(24)25/h3-9H,10H2,1-2H3,(H,19,22). The Hall–Kier alpha value is -2.94. The summed E-state index contributed by atoms with van der Waals surface area (Å²) >= 11 is 0.745. The maximum Gasteiger partial charge on any atom is 0.292 e. The first kappa shape index (κ1) is 19.4. The first-order chi connectivity index (χ1) is 12.3. The third-order valence-electron chi connectivity index (χ3n) is 3.50. The molecule has 0 aliphatic heterocycles. The van der Waals surface area contributed by atoms with Crippen LogP contribution in [0.4, 0.5) is 26.2 Å². The van der Waals surface area contributed by atoms with Gasteiger partial charge in [-0.05, 0) is 36.8 Å². The summed E-state index contributed by atoms with van der Waals surface area (Å²) in [5, 5.41) is 13.0. The molecular formula is C17H16FN3O4S. The summed E-state index contributed by atoms with van der Waals surface area (Å²) < 4.78 is 13.2. The van der Waals surface area contributed by atoms with Crippen molar-refractivity contribution in [2.75, 3.05) is 23.0 Å². The second-order valence-corrected chi connectivity index (χ2v) is 6.29. The summed E-state index contributed by atoms with van der Waals surface area (Å²) in [4.78, 5) is 35.9. The maximum atomic E-state index is 13.2. The zero-order valence-corrected chi connectivity index (χ0v) is 14.9. The number of thioether (sulfide) groups is 1. The smallest absolute Gasteiger partial charge is 0.292 e. The van der Waals surface area contributed by atoms with Gasteiger partial charge in [-0.2, -0.15) is 0 Å². The summed E-state index contributed by atoms with van der Waals surface area (Å²) in [6.07, 6.45) is 0. The minimum absolute atomic E-state index is 0.0679. The summed E-state index contributed by atoms with van der Waals surface area (Å²) in [7, 11) is 1.52. The molecule has 0 aromatic heterocycles. The number of nitrogens with one attached hydrogen (secondary N) is 1. The molecule has 0 bridgehead atoms. The van der Waals surface area contributed by atoms with Crippen LogP contribution in [-0.4, -0.2) is 28.9 Å². The van der Waals surface area contributed by atoms with Gasteiger partial charge in [0.25, 0.3) is 10.9 Å². The van der Waals surface area contributed by atoms with E-state index in [9.17, 15) is 24.1 Å². The number of nitro groups is 1. The van der Waals surface area contributed by atoms with Crippen LogP contribution in [-0.2, 0) is 4.79 Å². The largest absolute Gasteiger partial charge is 0.320 e. The summed E-state index contributed by atoms with van der Waals surface area (Å²) in [6, 6.07) is 9.78. The lowest BCUT2D eigenvalue weighted by molar-refractivity contribution is -0.383. The minimum Gasteiger partial charge on any atom is -0.320 e. The molecular weight excluding hydrogens is 361 g/mol. The number of carbonyl (C=O) groups is 2. The molecule has 26 heavy (non-hydrogen) atoms. The molecule has 0 spiro atoms. The predicted octanol–water partition coefficient (Wildman–Crippen LogP) is 3.97. The SMILES string of the molecule is Cc1cc(F)ccc1N(C)C(=O)SCC(=O)Nc1ccccc1[N+](=O)[O-]. The van der Waals surface area contributed by atoms with E-state index in [0.29, 0.717) is 11.3 Å². The van der Waals surface area contributed by atoms with Crippen LogP contribution in [0.5, 0.6) is 0 Å². The molecule has 2 rings (SSSR count). The Labute approximate surface area is 153 Å². The number of amides is 2. The molecule has 2 amide bonds. The van der Waals surface area contributed by atoms with Gasteiger partial charge in [-0.15, -0.1) is 0 Å². The van der Waals surface area contributed by atoms with Crippen LogP contribution in [0.15, 0.2) is 42.5 Å². The zero-order valence-electron chi connectivity index (χ0n) is 14.1. The molecule has 0 heterocycles. The van der Waals surface area contributed by atoms with Crippen molar-refractivity contribution in [2.45, 2.75) is 6.92 Å². The fraction of sp³-hybridized carbons (Fsp3) is 0.176. The monoisotopic (exact) mass is 377 g/mol. The number of nitrogens with zero attached hydrogens (tertiary/aromatic N) is 2. The van der Waals surface area contributed by atoms with E-state index in [1.165, 1.54) is 48.3 Å². The van der Waals surface area contributed by atoms with Crippen molar-refractivity contribution < 1.29 is 18.9 Å². The van der Waals surface area contributed by atoms with Gasteiger partial charge in [0.1, 0.15) is 11.5 Å². The van der Waals surface area contributed by atoms with Gasteiger partial charge in [0.05, 0.1) is 10.7 Å². The van der Waals surface area contributed by atoms with Crippen LogP contribution < -0.4 is 10.2 Å². The van der Waals surface area contributed by atoms with Crippen molar-refractivity contribution in [3.8, 4) is 0 Å². The highest BCUT2D eigenvalue weighted by atomic mass is 32.2. The predicted molar refractivity (Wildman–Crippen MR) is 99.1 cm³/mol. The van der Waals surface area contributed by atoms with Gasteiger partial charge >= 0.3 is 0 Å². The second kappa shape index (κ2) is 8.43. The molecule has 0 unspecified atom stereocenters. The number of rotatable bonds is 5. The molecule has 0 aliphatic carbocycles. The molecule has 136 valence electrons. The van der Waals surface area contributed by atoms with Crippen molar-refractivity contribution >= 4 is 40.0 Å². The Morgan fingerprint density at radius 3 is 2.62 bits per heavy atom. The van der Waals surface area contributed by atoms with E-state index in [0.717, 1.165) is 11.8 Å². The van der Waals surface area contributed by atoms with Crippen LogP contribution in [0.25, 0.3) is 0 Å². The third-order valence-corrected chi connectivity index (χ3v) is 4.42. The van der Waals surface area contributed by atoms with Gasteiger partial charge < -0.3 is 10.2 Å². The average molecular weight is 377 g/mol. The fourth-order valence-electron chi connectivity index (χ4n) is 2.24. The first-order valence-electron chi connectivity index (χ1n) is 7.49. The Balaban J connectivity index is 1.97. The lowest BCUT2D eigenvalue weighted by atomic mass is 10.2. The highest BCUT2D eigenvalue weighted by molar-refractivity contribution is 8.14. The molecule has 9 heteroatoms. The number of hydrogen-bond donors (Lipinski definition) is 1. The number of halogens is 1. The summed E-state index contributed by atoms with van der Waals surface area (Å²) in [5.41, 5.74) is 0.961. The Morgan fingerprint density at radius 1 is 1.27 bits per heavy atom. The van der Waals surface area contributed by atoms with E-state index in [1.54, 1.807) is 13.0 Å². The van der Waals surface area contributed by atoms with Gasteiger partial charge in [0.2, 0.25) is 5.91 Å². The number of carbonyl (C=O) groups excluding carboxylic acids is 2. The van der Waals surface area contributed by atoms with Crippen molar-refractivity contribution in [3.63, 3.8) is 0 Å². The minimum atomic E-state index is -0.598. The van der Waals surface area contributed by atoms with Gasteiger partial charge in [-0.3, -0.25) is 19.7 Å². The highest BCUT2D eigenvalue weighted by Crippen LogP contribution is 2.25. The lowest BCUT2D eigenvalue weighted by Crippen LogP contribution is -2.25. The third kappa shape index (κ3) is 4.79. The van der Waals surface area contributed by atoms with E-state index in [-0.39, 0.29) is 17.1 Å². The van der Waals surface area contributed by atoms with Crippen LogP contribution in [0, 0.1) is 22.9 Å². The topological polar surface area (TPSA) is 92.6 Å². The molecule has 0 fully saturated rings. The number of para-hydroxylation sites is 2. The van der Waals surface area contributed by atoms with Gasteiger partial charge in [-0.25, -0.2) is 4.39 Å². The number of aryl methyl sites for hydroxylation is 1. The number of hydrogen-bond acceptors (Lipinski definition) is 5. The van der Waals surface area contributed by atoms with Gasteiger partial charge in [0, 0.05) is 18.8 Å². The maximum absolute atomic E-state index is 13.2. The second-order valence-electron chi connectivity index (χ2n) is 5.37. The van der Waals surface area contributed by atoms with E-state index in [1.807, 2.05) is 0 Å². The Morgan fingerprint density at radius 2 is 1.96 bits per heavy atom. The van der Waals surface area contributed by atoms with Crippen LogP contribution in [0.1, 0.15) is 5.56 Å². The van der Waals surface area contributed by atoms with Gasteiger partial charge in [-0.1, -0.05) is 23.9 Å². The Kier molecular flexibility index (Phi) is 6.29. The van der Waals surface area contributed by atoms with Crippen molar-refractivity contribution in [3.05, 3.63) is 64.0 Å². The van der Waals surface area contributed by atoms with Crippen LogP contribution in [0.3, 0.4) is 0 Å². The van der Waals surface area contributed by atoms with E-state index >= 15 is 0 Å². The molecule has 0 aliphatic rings. The Bertz CT molecular complexity index is 860. The summed E-state index contributed by atoms with van der Waals surface area (Å²) in [6.45, 7) is 1.67. The molecule has 0 radical (unpaired) electrons. The summed E-state index contributed by atoms with van der Waals surface area (Å²) in [5.74, 6) is -1.15. The number of benzene rings is 2. The van der Waals surface area contributed by atoms with Crippen molar-refractivity contribution in [1.29, 1.82) is 0 Å². The number of anilines is 2. The molecule has 0 atom stereocenters. The van der Waals surface area contributed by atoms with E-state index in [4.69, 9.17) is 0 Å². The van der Waals surface area contributed by atoms with Crippen molar-refractivity contribution in [2.24, 2.45) is 0 Å². The number of nitro benzene ring substituents is 1. The molecule has 2 aromatic rings. The normalized spacial score (nSPS) is 10.3. The van der Waals surface area contributed by atoms with Crippen LogP contribution in [0.2, 0.25) is 0 Å². The quantitative estimate of drug-likeness (QED) is 0.629. The lowest BCUT2D eigenvalue weighted by Gasteiger charge is -2.18. The van der Waals surface area contributed by atoms with Gasteiger partial charge in [0.15, 0.2) is 0 Å². The molecule has 0 saturated carbocycles. The first-order valence-corrected chi connectivity index (χ1v) is 8.48.